The fourth-order valence-electron chi connectivity index (χ4n) is 1.47. The van der Waals surface area contributed by atoms with Gasteiger partial charge < -0.3 is 20.5 Å². The molecule has 0 heterocycles. The van der Waals surface area contributed by atoms with E-state index < -0.39 is 17.8 Å². The molecule has 1 unspecified atom stereocenters. The number of ether oxygens (including phenoxy) is 2. The van der Waals surface area contributed by atoms with Gasteiger partial charge in [-0.05, 0) is 24.3 Å². The molecule has 1 amide bonds. The second-order valence-corrected chi connectivity index (χ2v) is 4.22. The standard InChI is InChI=1S/C13H17F3N2O3.ClH/c1-20-8-11(17)12(19)18-6-7-21-10-4-2-9(3-5-10)13(14,15)16;/h2-5,11H,6-8,17H2,1H3,(H,18,19);1H. The summed E-state index contributed by atoms with van der Waals surface area (Å²) in [4.78, 5) is 11.4. The average Bonchev–Trinajstić information content (AvgIpc) is 2.43. The molecule has 0 aliphatic rings. The van der Waals surface area contributed by atoms with Crippen LogP contribution in [0.5, 0.6) is 5.75 Å². The van der Waals surface area contributed by atoms with E-state index in [0.717, 1.165) is 12.1 Å². The van der Waals surface area contributed by atoms with Gasteiger partial charge in [0, 0.05) is 7.11 Å². The maximum Gasteiger partial charge on any atom is 0.416 e. The Bertz CT molecular complexity index is 455. The van der Waals surface area contributed by atoms with Crippen molar-refractivity contribution >= 4 is 18.3 Å². The smallest absolute Gasteiger partial charge is 0.416 e. The van der Waals surface area contributed by atoms with Crippen LogP contribution < -0.4 is 15.8 Å². The first-order valence-corrected chi connectivity index (χ1v) is 6.17. The molecule has 3 N–H and O–H groups in total. The summed E-state index contributed by atoms with van der Waals surface area (Å²) in [6, 6.07) is 3.55. The van der Waals surface area contributed by atoms with Crippen LogP contribution >= 0.6 is 12.4 Å². The molecule has 0 aliphatic carbocycles. The van der Waals surface area contributed by atoms with Gasteiger partial charge in [0.05, 0.1) is 18.7 Å². The van der Waals surface area contributed by atoms with E-state index >= 15 is 0 Å². The van der Waals surface area contributed by atoms with E-state index in [1.807, 2.05) is 0 Å². The Morgan fingerprint density at radius 1 is 1.32 bits per heavy atom. The van der Waals surface area contributed by atoms with Gasteiger partial charge in [-0.15, -0.1) is 12.4 Å². The van der Waals surface area contributed by atoms with Crippen LogP contribution in [-0.4, -0.2) is 38.8 Å². The third-order valence-electron chi connectivity index (χ3n) is 2.53. The second-order valence-electron chi connectivity index (χ2n) is 4.22. The predicted octanol–water partition coefficient (Wildman–Crippen LogP) is 1.60. The monoisotopic (exact) mass is 342 g/mol. The number of halogens is 4. The first kappa shape index (κ1) is 20.5. The molecular formula is C13H18ClF3N2O3. The van der Waals surface area contributed by atoms with Gasteiger partial charge in [0.2, 0.25) is 5.91 Å². The van der Waals surface area contributed by atoms with Crippen molar-refractivity contribution in [2.75, 3.05) is 26.9 Å². The summed E-state index contributed by atoms with van der Waals surface area (Å²) >= 11 is 0. The number of amides is 1. The minimum absolute atomic E-state index is 0. The van der Waals surface area contributed by atoms with Crippen LogP contribution in [0.4, 0.5) is 13.2 Å². The SMILES string of the molecule is COCC(N)C(=O)NCCOc1ccc(C(F)(F)F)cc1.Cl. The van der Waals surface area contributed by atoms with E-state index in [1.54, 1.807) is 0 Å². The molecule has 9 heteroatoms. The molecule has 1 rings (SSSR count). The average molecular weight is 343 g/mol. The van der Waals surface area contributed by atoms with Gasteiger partial charge in [-0.25, -0.2) is 0 Å². The Morgan fingerprint density at radius 3 is 2.41 bits per heavy atom. The van der Waals surface area contributed by atoms with Crippen molar-refractivity contribution in [2.24, 2.45) is 5.73 Å². The largest absolute Gasteiger partial charge is 0.492 e. The fraction of sp³-hybridized carbons (Fsp3) is 0.462. The van der Waals surface area contributed by atoms with E-state index in [-0.39, 0.29) is 38.1 Å². The van der Waals surface area contributed by atoms with Crippen molar-refractivity contribution in [3.8, 4) is 5.75 Å². The van der Waals surface area contributed by atoms with E-state index in [4.69, 9.17) is 15.2 Å². The van der Waals surface area contributed by atoms with Gasteiger partial charge in [0.15, 0.2) is 0 Å². The normalized spacial score (nSPS) is 12.2. The molecule has 0 saturated carbocycles. The maximum absolute atomic E-state index is 12.3. The van der Waals surface area contributed by atoms with Crippen molar-refractivity contribution in [3.05, 3.63) is 29.8 Å². The summed E-state index contributed by atoms with van der Waals surface area (Å²) in [6.07, 6.45) is -4.37. The van der Waals surface area contributed by atoms with Crippen LogP contribution in [0, 0.1) is 0 Å². The fourth-order valence-corrected chi connectivity index (χ4v) is 1.47. The molecule has 1 aromatic carbocycles. The van der Waals surface area contributed by atoms with Crippen LogP contribution in [0.1, 0.15) is 5.56 Å². The highest BCUT2D eigenvalue weighted by Crippen LogP contribution is 2.30. The number of nitrogens with two attached hydrogens (primary N) is 1. The summed E-state index contributed by atoms with van der Waals surface area (Å²) < 4.78 is 47.0. The lowest BCUT2D eigenvalue weighted by molar-refractivity contribution is -0.137. The van der Waals surface area contributed by atoms with Crippen molar-refractivity contribution in [3.63, 3.8) is 0 Å². The van der Waals surface area contributed by atoms with Crippen molar-refractivity contribution in [1.29, 1.82) is 0 Å². The lowest BCUT2D eigenvalue weighted by atomic mass is 10.2. The molecule has 0 saturated heterocycles. The number of carbonyl (C=O) groups excluding carboxylic acids is 1. The number of rotatable bonds is 7. The summed E-state index contributed by atoms with van der Waals surface area (Å²) in [7, 11) is 1.43. The third kappa shape index (κ3) is 6.97. The Kier molecular flexibility index (Phi) is 8.84. The lowest BCUT2D eigenvalue weighted by Crippen LogP contribution is -2.44. The van der Waals surface area contributed by atoms with Crippen LogP contribution in [0.2, 0.25) is 0 Å². The first-order chi connectivity index (χ1) is 9.84. The highest BCUT2D eigenvalue weighted by Gasteiger charge is 2.29. The number of methoxy groups -OCH3 is 1. The zero-order valence-corrected chi connectivity index (χ0v) is 12.7. The molecule has 0 bridgehead atoms. The van der Waals surface area contributed by atoms with Crippen LogP contribution in [0.3, 0.4) is 0 Å². The molecule has 5 nitrogen and oxygen atoms in total. The summed E-state index contributed by atoms with van der Waals surface area (Å²) in [5.41, 5.74) is 4.75. The molecule has 1 aromatic rings. The molecule has 126 valence electrons. The van der Waals surface area contributed by atoms with Gasteiger partial charge in [0.25, 0.3) is 0 Å². The second kappa shape index (κ2) is 9.50. The van der Waals surface area contributed by atoms with Crippen LogP contribution in [-0.2, 0) is 15.7 Å². The summed E-state index contributed by atoms with van der Waals surface area (Å²) in [5, 5.41) is 2.52. The highest BCUT2D eigenvalue weighted by molar-refractivity contribution is 5.85. The molecule has 0 aliphatic heterocycles. The molecule has 0 fully saturated rings. The third-order valence-corrected chi connectivity index (χ3v) is 2.53. The minimum Gasteiger partial charge on any atom is -0.492 e. The number of hydrogen-bond acceptors (Lipinski definition) is 4. The van der Waals surface area contributed by atoms with Crippen molar-refractivity contribution < 1.29 is 27.4 Å². The molecular weight excluding hydrogens is 325 g/mol. The van der Waals surface area contributed by atoms with Crippen LogP contribution in [0.25, 0.3) is 0 Å². The first-order valence-electron chi connectivity index (χ1n) is 6.17. The number of nitrogens with one attached hydrogen (secondary N) is 1. The maximum atomic E-state index is 12.3. The number of benzene rings is 1. The lowest BCUT2D eigenvalue weighted by Gasteiger charge is -2.12. The minimum atomic E-state index is -4.37. The van der Waals surface area contributed by atoms with E-state index in [9.17, 15) is 18.0 Å². The van der Waals surface area contributed by atoms with Crippen molar-refractivity contribution in [1.82, 2.24) is 5.32 Å². The molecule has 1 atom stereocenters. The summed E-state index contributed by atoms with van der Waals surface area (Å²) in [6.45, 7) is 0.416. The van der Waals surface area contributed by atoms with E-state index in [0.29, 0.717) is 5.75 Å². The molecule has 0 spiro atoms. The highest BCUT2D eigenvalue weighted by atomic mass is 35.5. The van der Waals surface area contributed by atoms with Crippen LogP contribution in [0.15, 0.2) is 24.3 Å². The number of hydrogen-bond donors (Lipinski definition) is 2. The van der Waals surface area contributed by atoms with Gasteiger partial charge in [-0.3, -0.25) is 4.79 Å². The molecule has 0 radical (unpaired) electrons. The topological polar surface area (TPSA) is 73.6 Å². The Morgan fingerprint density at radius 2 is 1.91 bits per heavy atom. The van der Waals surface area contributed by atoms with Gasteiger partial charge >= 0.3 is 6.18 Å². The predicted molar refractivity (Wildman–Crippen MR) is 77.0 cm³/mol. The Hall–Kier alpha value is -1.51. The zero-order valence-electron chi connectivity index (χ0n) is 11.9. The van der Waals surface area contributed by atoms with E-state index in [1.165, 1.54) is 19.2 Å². The Labute approximate surface area is 132 Å². The number of carbonyl (C=O) groups is 1. The zero-order chi connectivity index (χ0) is 15.9. The van der Waals surface area contributed by atoms with Crippen molar-refractivity contribution in [2.45, 2.75) is 12.2 Å². The Balaban J connectivity index is 0.00000441. The van der Waals surface area contributed by atoms with Gasteiger partial charge in [0.1, 0.15) is 18.4 Å². The van der Waals surface area contributed by atoms with E-state index in [2.05, 4.69) is 5.32 Å². The molecule has 22 heavy (non-hydrogen) atoms. The summed E-state index contributed by atoms with van der Waals surface area (Å²) in [5.74, 6) is -0.0914. The number of alkyl halides is 3. The van der Waals surface area contributed by atoms with Gasteiger partial charge in [-0.1, -0.05) is 0 Å². The van der Waals surface area contributed by atoms with Gasteiger partial charge in [-0.2, -0.15) is 13.2 Å². The quantitative estimate of drug-likeness (QED) is 0.738. The molecule has 0 aromatic heterocycles.